The summed E-state index contributed by atoms with van der Waals surface area (Å²) in [5, 5.41) is 11.5. The number of carbonyl (C=O) groups excluding carboxylic acids is 1. The van der Waals surface area contributed by atoms with Gasteiger partial charge in [-0.2, -0.15) is 0 Å². The maximum absolute atomic E-state index is 12.4. The second-order valence-electron chi connectivity index (χ2n) is 5.40. The highest BCUT2D eigenvalue weighted by Crippen LogP contribution is 2.06. The average molecular weight is 303 g/mol. The van der Waals surface area contributed by atoms with Gasteiger partial charge in [-0.25, -0.2) is 9.78 Å². The zero-order valence-electron chi connectivity index (χ0n) is 12.5. The zero-order chi connectivity index (χ0) is 16.4. The minimum Gasteiger partial charge on any atom is -0.480 e. The van der Waals surface area contributed by atoms with Gasteiger partial charge in [-0.1, -0.05) is 19.9 Å². The maximum atomic E-state index is 12.4. The first-order valence-corrected chi connectivity index (χ1v) is 6.83. The highest BCUT2D eigenvalue weighted by molar-refractivity contribution is 5.96. The summed E-state index contributed by atoms with van der Waals surface area (Å²) in [7, 11) is 0. The summed E-state index contributed by atoms with van der Waals surface area (Å²) < 4.78 is 1.27. The molecule has 2 N–H and O–H groups in total. The molecule has 0 spiro atoms. The Kier molecular flexibility index (Phi) is 4.25. The second-order valence-corrected chi connectivity index (χ2v) is 5.40. The number of hydrogen-bond donors (Lipinski definition) is 2. The fraction of sp³-hybridized carbons (Fsp3) is 0.333. The molecule has 2 heterocycles. The minimum atomic E-state index is -1.15. The first-order valence-electron chi connectivity index (χ1n) is 6.83. The van der Waals surface area contributed by atoms with Crippen LogP contribution < -0.4 is 10.9 Å². The van der Waals surface area contributed by atoms with E-state index in [1.54, 1.807) is 32.9 Å². The largest absolute Gasteiger partial charge is 0.480 e. The van der Waals surface area contributed by atoms with Gasteiger partial charge in [0.1, 0.15) is 17.3 Å². The van der Waals surface area contributed by atoms with E-state index >= 15 is 0 Å². The van der Waals surface area contributed by atoms with Gasteiger partial charge < -0.3 is 10.4 Å². The summed E-state index contributed by atoms with van der Waals surface area (Å²) in [6.07, 6.45) is 2.70. The van der Waals surface area contributed by atoms with Crippen LogP contribution in [0.25, 0.3) is 5.65 Å². The Morgan fingerprint density at radius 3 is 2.64 bits per heavy atom. The van der Waals surface area contributed by atoms with Gasteiger partial charge in [-0.05, 0) is 24.5 Å². The van der Waals surface area contributed by atoms with E-state index in [-0.39, 0.29) is 11.5 Å². The van der Waals surface area contributed by atoms with Gasteiger partial charge in [0.2, 0.25) is 0 Å². The van der Waals surface area contributed by atoms with Crippen molar-refractivity contribution in [2.45, 2.75) is 26.8 Å². The molecule has 0 aliphatic rings. The molecule has 1 atom stereocenters. The third-order valence-corrected chi connectivity index (χ3v) is 3.39. The standard InChI is InChI=1S/C15H17N3O4/c1-8(2)11(15(21)22)17-13(19)10-7-16-12-9(3)5-4-6-18(12)14(10)20/h4-8,11H,1-3H3,(H,17,19)(H,21,22)/t11-/m0/s1. The molecule has 0 saturated carbocycles. The lowest BCUT2D eigenvalue weighted by atomic mass is 10.0. The van der Waals surface area contributed by atoms with E-state index in [1.807, 2.05) is 0 Å². The van der Waals surface area contributed by atoms with Crippen LogP contribution in [-0.2, 0) is 4.79 Å². The molecule has 0 fully saturated rings. The van der Waals surface area contributed by atoms with Crippen molar-refractivity contribution in [1.82, 2.24) is 14.7 Å². The van der Waals surface area contributed by atoms with E-state index in [0.717, 1.165) is 5.56 Å². The second kappa shape index (κ2) is 5.97. The molecule has 0 aliphatic carbocycles. The lowest BCUT2D eigenvalue weighted by Gasteiger charge is -2.17. The first kappa shape index (κ1) is 15.7. The highest BCUT2D eigenvalue weighted by atomic mass is 16.4. The monoisotopic (exact) mass is 303 g/mol. The van der Waals surface area contributed by atoms with Crippen molar-refractivity contribution in [2.24, 2.45) is 5.92 Å². The van der Waals surface area contributed by atoms with Crippen molar-refractivity contribution in [3.8, 4) is 0 Å². The normalized spacial score (nSPS) is 12.4. The quantitative estimate of drug-likeness (QED) is 0.871. The predicted molar refractivity (Wildman–Crippen MR) is 79.9 cm³/mol. The molecule has 0 radical (unpaired) electrons. The Hall–Kier alpha value is -2.70. The molecule has 0 saturated heterocycles. The van der Waals surface area contributed by atoms with E-state index in [4.69, 9.17) is 5.11 Å². The van der Waals surface area contributed by atoms with Crippen molar-refractivity contribution in [3.63, 3.8) is 0 Å². The van der Waals surface area contributed by atoms with Crippen molar-refractivity contribution in [3.05, 3.63) is 46.0 Å². The number of aliphatic carboxylic acids is 1. The number of aromatic nitrogens is 2. The van der Waals surface area contributed by atoms with Crippen LogP contribution in [0.5, 0.6) is 0 Å². The van der Waals surface area contributed by atoms with Gasteiger partial charge in [0.15, 0.2) is 0 Å². The number of nitrogens with one attached hydrogen (secondary N) is 1. The smallest absolute Gasteiger partial charge is 0.326 e. The summed E-state index contributed by atoms with van der Waals surface area (Å²) in [5.41, 5.74) is 0.550. The summed E-state index contributed by atoms with van der Waals surface area (Å²) >= 11 is 0. The summed E-state index contributed by atoms with van der Waals surface area (Å²) in [5.74, 6) is -2.19. The number of rotatable bonds is 4. The average Bonchev–Trinajstić information content (AvgIpc) is 2.45. The van der Waals surface area contributed by atoms with Crippen molar-refractivity contribution < 1.29 is 14.7 Å². The molecule has 0 bridgehead atoms. The Bertz CT molecular complexity index is 795. The van der Waals surface area contributed by atoms with Gasteiger partial charge in [0.25, 0.3) is 11.5 Å². The number of carboxylic acids is 1. The number of nitrogens with zero attached hydrogens (tertiary/aromatic N) is 2. The molecule has 0 aromatic carbocycles. The van der Waals surface area contributed by atoms with Crippen LogP contribution in [-0.4, -0.2) is 32.4 Å². The van der Waals surface area contributed by atoms with E-state index in [2.05, 4.69) is 10.3 Å². The van der Waals surface area contributed by atoms with Gasteiger partial charge in [0, 0.05) is 12.4 Å². The van der Waals surface area contributed by atoms with Gasteiger partial charge in [-0.15, -0.1) is 0 Å². The van der Waals surface area contributed by atoms with Crippen LogP contribution in [0.4, 0.5) is 0 Å². The van der Waals surface area contributed by atoms with Crippen molar-refractivity contribution in [2.75, 3.05) is 0 Å². The molecule has 0 unspecified atom stereocenters. The highest BCUT2D eigenvalue weighted by Gasteiger charge is 2.25. The van der Waals surface area contributed by atoms with E-state index < -0.39 is 23.5 Å². The molecule has 2 rings (SSSR count). The van der Waals surface area contributed by atoms with Crippen LogP contribution in [0.3, 0.4) is 0 Å². The number of fused-ring (bicyclic) bond motifs is 1. The third-order valence-electron chi connectivity index (χ3n) is 3.39. The maximum Gasteiger partial charge on any atom is 0.326 e. The van der Waals surface area contributed by atoms with Crippen LogP contribution in [0.15, 0.2) is 29.3 Å². The van der Waals surface area contributed by atoms with Gasteiger partial charge in [0.05, 0.1) is 0 Å². The zero-order valence-corrected chi connectivity index (χ0v) is 12.5. The molecule has 116 valence electrons. The summed E-state index contributed by atoms with van der Waals surface area (Å²) in [6.45, 7) is 5.16. The van der Waals surface area contributed by atoms with Crippen LogP contribution >= 0.6 is 0 Å². The molecule has 2 aromatic heterocycles. The number of aryl methyl sites for hydroxylation is 1. The fourth-order valence-electron chi connectivity index (χ4n) is 2.14. The van der Waals surface area contributed by atoms with E-state index in [0.29, 0.717) is 5.65 Å². The number of carboxylic acid groups (broad SMARTS) is 1. The Balaban J connectivity index is 2.43. The predicted octanol–water partition coefficient (Wildman–Crippen LogP) is 0.842. The molecule has 1 amide bonds. The molecule has 7 nitrogen and oxygen atoms in total. The van der Waals surface area contributed by atoms with Crippen molar-refractivity contribution >= 4 is 17.5 Å². The Labute approximate surface area is 126 Å². The Morgan fingerprint density at radius 2 is 2.05 bits per heavy atom. The molecular weight excluding hydrogens is 286 g/mol. The first-order chi connectivity index (χ1) is 10.3. The summed E-state index contributed by atoms with van der Waals surface area (Å²) in [4.78, 5) is 39.8. The lowest BCUT2D eigenvalue weighted by molar-refractivity contribution is -0.140. The van der Waals surface area contributed by atoms with E-state index in [1.165, 1.54) is 16.8 Å². The fourth-order valence-corrected chi connectivity index (χ4v) is 2.14. The molecular formula is C15H17N3O4. The minimum absolute atomic E-state index is 0.185. The number of pyridine rings is 1. The van der Waals surface area contributed by atoms with Gasteiger partial charge >= 0.3 is 5.97 Å². The van der Waals surface area contributed by atoms with Crippen molar-refractivity contribution in [1.29, 1.82) is 0 Å². The Morgan fingerprint density at radius 1 is 1.36 bits per heavy atom. The molecule has 22 heavy (non-hydrogen) atoms. The van der Waals surface area contributed by atoms with Crippen LogP contribution in [0.1, 0.15) is 29.8 Å². The number of carbonyl (C=O) groups is 2. The van der Waals surface area contributed by atoms with Crippen LogP contribution in [0.2, 0.25) is 0 Å². The molecule has 7 heteroatoms. The number of hydrogen-bond acceptors (Lipinski definition) is 4. The van der Waals surface area contributed by atoms with Gasteiger partial charge in [-0.3, -0.25) is 14.0 Å². The topological polar surface area (TPSA) is 101 Å². The third kappa shape index (κ3) is 2.83. The summed E-state index contributed by atoms with van der Waals surface area (Å²) in [6, 6.07) is 2.42. The molecule has 0 aliphatic heterocycles. The molecule has 2 aromatic rings. The SMILES string of the molecule is Cc1cccn2c(=O)c(C(=O)N[C@H](C(=O)O)C(C)C)cnc12. The van der Waals surface area contributed by atoms with E-state index in [9.17, 15) is 14.4 Å². The lowest BCUT2D eigenvalue weighted by Crippen LogP contribution is -2.45. The van der Waals surface area contributed by atoms with Crippen LogP contribution in [0, 0.1) is 12.8 Å². The number of amides is 1.